The molecule has 1 aliphatic rings. The fraction of sp³-hybridized carbons (Fsp3) is 0.565. The number of carbonyl (C=O) groups is 2. The molecule has 0 aliphatic heterocycles. The molecule has 0 heterocycles. The lowest BCUT2D eigenvalue weighted by atomic mass is 9.97. The van der Waals surface area contributed by atoms with Gasteiger partial charge in [-0.1, -0.05) is 18.6 Å². The lowest BCUT2D eigenvalue weighted by molar-refractivity contribution is -0.151. The summed E-state index contributed by atoms with van der Waals surface area (Å²) >= 11 is 2.30. The summed E-state index contributed by atoms with van der Waals surface area (Å²) < 4.78 is 12.0. The van der Waals surface area contributed by atoms with Crippen LogP contribution in [0.1, 0.15) is 63.5 Å². The molecule has 0 amide bonds. The Kier molecular flexibility index (Phi) is 9.46. The topological polar surface area (TPSA) is 64.6 Å². The number of hydrogen-bond donors (Lipinski definition) is 1. The number of carbonyl (C=O) groups excluding carboxylic acids is 2. The molecule has 0 saturated heterocycles. The Hall–Kier alpha value is -1.57. The zero-order valence-electron chi connectivity index (χ0n) is 17.8. The van der Waals surface area contributed by atoms with Crippen LogP contribution in [0, 0.1) is 17.4 Å². The van der Waals surface area contributed by atoms with Crippen molar-refractivity contribution >= 4 is 40.2 Å². The first kappa shape index (κ1) is 23.7. The molecule has 0 bridgehead atoms. The van der Waals surface area contributed by atoms with Crippen LogP contribution in [0.3, 0.4) is 0 Å². The maximum Gasteiger partial charge on any atom is 0.329 e. The Bertz CT molecular complexity index is 730. The predicted octanol–water partition coefficient (Wildman–Crippen LogP) is 5.46. The van der Waals surface area contributed by atoms with E-state index in [0.29, 0.717) is 6.42 Å². The summed E-state index contributed by atoms with van der Waals surface area (Å²) in [5, 5.41) is 3.42. The molecule has 29 heavy (non-hydrogen) atoms. The van der Waals surface area contributed by atoms with Gasteiger partial charge in [-0.2, -0.15) is 0 Å². The second-order valence-corrected chi connectivity index (χ2v) is 9.06. The molecular weight excluding hydrogens is 481 g/mol. The molecule has 160 valence electrons. The second-order valence-electron chi connectivity index (χ2n) is 7.90. The number of aryl methyl sites for hydroxylation is 2. The van der Waals surface area contributed by atoms with E-state index in [0.717, 1.165) is 46.1 Å². The minimum Gasteiger partial charge on any atom is -0.461 e. The van der Waals surface area contributed by atoms with E-state index in [1.807, 2.05) is 19.9 Å². The first-order valence-corrected chi connectivity index (χ1v) is 11.4. The summed E-state index contributed by atoms with van der Waals surface area (Å²) in [5.41, 5.74) is 4.17. The zero-order chi connectivity index (χ0) is 21.4. The van der Waals surface area contributed by atoms with E-state index < -0.39 is 6.04 Å². The third-order valence-electron chi connectivity index (χ3n) is 5.07. The van der Waals surface area contributed by atoms with Gasteiger partial charge >= 0.3 is 11.9 Å². The van der Waals surface area contributed by atoms with Crippen molar-refractivity contribution in [1.82, 2.24) is 0 Å². The van der Waals surface area contributed by atoms with Crippen LogP contribution in [-0.4, -0.2) is 30.7 Å². The lowest BCUT2D eigenvalue weighted by Gasteiger charge is -2.26. The average Bonchev–Trinajstić information content (AvgIpc) is 2.65. The standard InChI is InChI=1S/C23H32INO4/c1-15(14-28-18(4)26)10-11-21(23(27)29-19-8-6-5-7-9-19)25-22-17(3)12-16(2)13-20(22)24/h10,12-13,19,21,25H,5-9,11,14H2,1-4H3/b15-10+. The monoisotopic (exact) mass is 513 g/mol. The molecule has 6 heteroatoms. The van der Waals surface area contributed by atoms with Crippen LogP contribution in [0.4, 0.5) is 5.69 Å². The molecule has 1 unspecified atom stereocenters. The number of anilines is 1. The van der Waals surface area contributed by atoms with Crippen LogP contribution >= 0.6 is 22.6 Å². The fourth-order valence-corrected chi connectivity index (χ4v) is 4.58. The van der Waals surface area contributed by atoms with Crippen molar-refractivity contribution in [2.75, 3.05) is 11.9 Å². The maximum absolute atomic E-state index is 13.0. The van der Waals surface area contributed by atoms with Crippen LogP contribution in [-0.2, 0) is 19.1 Å². The van der Waals surface area contributed by atoms with Crippen molar-refractivity contribution in [3.8, 4) is 0 Å². The van der Waals surface area contributed by atoms with Crippen molar-refractivity contribution in [2.24, 2.45) is 0 Å². The van der Waals surface area contributed by atoms with Gasteiger partial charge < -0.3 is 14.8 Å². The van der Waals surface area contributed by atoms with E-state index in [2.05, 4.69) is 47.0 Å². The van der Waals surface area contributed by atoms with E-state index in [9.17, 15) is 9.59 Å². The van der Waals surface area contributed by atoms with Crippen molar-refractivity contribution in [2.45, 2.75) is 78.4 Å². The maximum atomic E-state index is 13.0. The molecule has 1 aliphatic carbocycles. The molecular formula is C23H32INO4. The highest BCUT2D eigenvalue weighted by atomic mass is 127. The largest absolute Gasteiger partial charge is 0.461 e. The summed E-state index contributed by atoms with van der Waals surface area (Å²) in [7, 11) is 0. The van der Waals surface area contributed by atoms with Gasteiger partial charge in [-0.25, -0.2) is 4.79 Å². The molecule has 1 saturated carbocycles. The quantitative estimate of drug-likeness (QED) is 0.284. The van der Waals surface area contributed by atoms with Crippen molar-refractivity contribution in [3.63, 3.8) is 0 Å². The van der Waals surface area contributed by atoms with Crippen LogP contribution in [0.25, 0.3) is 0 Å². The number of nitrogens with one attached hydrogen (secondary N) is 1. The molecule has 1 fully saturated rings. The third kappa shape index (κ3) is 7.99. The van der Waals surface area contributed by atoms with E-state index in [1.165, 1.54) is 18.9 Å². The minimum absolute atomic E-state index is 0.0184. The number of hydrogen-bond acceptors (Lipinski definition) is 5. The van der Waals surface area contributed by atoms with Gasteiger partial charge in [0.2, 0.25) is 0 Å². The SMILES string of the molecule is CC(=O)OC/C(C)=C/CC(Nc1c(C)cc(C)cc1I)C(=O)OC1CCCCC1. The van der Waals surface area contributed by atoms with Crippen LogP contribution in [0.15, 0.2) is 23.8 Å². The Labute approximate surface area is 187 Å². The highest BCUT2D eigenvalue weighted by Crippen LogP contribution is 2.27. The van der Waals surface area contributed by atoms with Crippen molar-refractivity contribution in [1.29, 1.82) is 0 Å². The fourth-order valence-electron chi connectivity index (χ4n) is 3.51. The van der Waals surface area contributed by atoms with Gasteiger partial charge in [0.05, 0.1) is 5.69 Å². The Morgan fingerprint density at radius 1 is 1.21 bits per heavy atom. The summed E-state index contributed by atoms with van der Waals surface area (Å²) in [6, 6.07) is 3.72. The van der Waals surface area contributed by atoms with E-state index in [4.69, 9.17) is 9.47 Å². The highest BCUT2D eigenvalue weighted by Gasteiger charge is 2.25. The summed E-state index contributed by atoms with van der Waals surface area (Å²) in [5.74, 6) is -0.529. The Balaban J connectivity index is 2.14. The summed E-state index contributed by atoms with van der Waals surface area (Å²) in [4.78, 5) is 24.0. The minimum atomic E-state index is -0.487. The van der Waals surface area contributed by atoms with E-state index in [-0.39, 0.29) is 24.6 Å². The Morgan fingerprint density at radius 3 is 2.52 bits per heavy atom. The number of halogens is 1. The van der Waals surface area contributed by atoms with E-state index in [1.54, 1.807) is 0 Å². The third-order valence-corrected chi connectivity index (χ3v) is 5.93. The zero-order valence-corrected chi connectivity index (χ0v) is 20.0. The number of esters is 2. The van der Waals surface area contributed by atoms with Gasteiger partial charge in [0.15, 0.2) is 0 Å². The van der Waals surface area contributed by atoms with Crippen molar-refractivity contribution in [3.05, 3.63) is 38.5 Å². The van der Waals surface area contributed by atoms with Gasteiger partial charge in [-0.05, 0) is 98.2 Å². The van der Waals surface area contributed by atoms with Crippen LogP contribution in [0.2, 0.25) is 0 Å². The molecule has 0 aromatic heterocycles. The number of ether oxygens (including phenoxy) is 2. The smallest absolute Gasteiger partial charge is 0.329 e. The molecule has 5 nitrogen and oxygen atoms in total. The average molecular weight is 513 g/mol. The van der Waals surface area contributed by atoms with Crippen LogP contribution < -0.4 is 5.32 Å². The predicted molar refractivity (Wildman–Crippen MR) is 124 cm³/mol. The molecule has 1 aromatic carbocycles. The van der Waals surface area contributed by atoms with E-state index >= 15 is 0 Å². The van der Waals surface area contributed by atoms with Crippen LogP contribution in [0.5, 0.6) is 0 Å². The molecule has 1 atom stereocenters. The highest BCUT2D eigenvalue weighted by molar-refractivity contribution is 14.1. The number of rotatable bonds is 8. The first-order valence-electron chi connectivity index (χ1n) is 10.3. The Morgan fingerprint density at radius 2 is 1.90 bits per heavy atom. The lowest BCUT2D eigenvalue weighted by Crippen LogP contribution is -2.35. The first-order chi connectivity index (χ1) is 13.8. The normalized spacial score (nSPS) is 16.2. The summed E-state index contributed by atoms with van der Waals surface area (Å²) in [6.07, 6.45) is 7.78. The van der Waals surface area contributed by atoms with Gasteiger partial charge in [0.25, 0.3) is 0 Å². The van der Waals surface area contributed by atoms with Gasteiger partial charge in [-0.3, -0.25) is 4.79 Å². The molecule has 0 spiro atoms. The van der Waals surface area contributed by atoms with Gasteiger partial charge in [-0.15, -0.1) is 0 Å². The molecule has 1 N–H and O–H groups in total. The van der Waals surface area contributed by atoms with Gasteiger partial charge in [0, 0.05) is 10.5 Å². The molecule has 1 aromatic rings. The van der Waals surface area contributed by atoms with Gasteiger partial charge in [0.1, 0.15) is 18.8 Å². The molecule has 2 rings (SSSR count). The second kappa shape index (κ2) is 11.6. The summed E-state index contributed by atoms with van der Waals surface area (Å²) in [6.45, 7) is 7.63. The number of benzene rings is 1. The van der Waals surface area contributed by atoms with Crippen molar-refractivity contribution < 1.29 is 19.1 Å². The molecule has 0 radical (unpaired) electrons.